The molecule has 1 amide bonds. The average Bonchev–Trinajstić information content (AvgIpc) is 2.86. The Morgan fingerprint density at radius 3 is 2.70 bits per heavy atom. The molecule has 3 heteroatoms. The van der Waals surface area contributed by atoms with Crippen molar-refractivity contribution in [2.45, 2.75) is 25.9 Å². The van der Waals surface area contributed by atoms with Gasteiger partial charge in [-0.2, -0.15) is 0 Å². The zero-order valence-corrected chi connectivity index (χ0v) is 11.4. The van der Waals surface area contributed by atoms with Crippen LogP contribution in [0, 0.1) is 0 Å². The number of aryl methyl sites for hydroxylation is 1. The Balaban J connectivity index is 2.09. The summed E-state index contributed by atoms with van der Waals surface area (Å²) < 4.78 is 0. The minimum Gasteiger partial charge on any atom is -0.384 e. The summed E-state index contributed by atoms with van der Waals surface area (Å²) in [5.41, 5.74) is 4.54. The minimum absolute atomic E-state index is 0.00485. The molecule has 2 aromatic rings. The topological polar surface area (TPSA) is 49.3 Å². The van der Waals surface area contributed by atoms with Gasteiger partial charge in [0.05, 0.1) is 12.1 Å². The van der Waals surface area contributed by atoms with Gasteiger partial charge in [-0.1, -0.05) is 49.4 Å². The van der Waals surface area contributed by atoms with Crippen molar-refractivity contribution in [3.05, 3.63) is 64.7 Å². The predicted octanol–water partition coefficient (Wildman–Crippen LogP) is 2.83. The van der Waals surface area contributed by atoms with Crippen molar-refractivity contribution in [1.82, 2.24) is 0 Å². The van der Waals surface area contributed by atoms with Crippen LogP contribution in [0.15, 0.2) is 42.5 Å². The number of fused-ring (bicyclic) bond motifs is 1. The van der Waals surface area contributed by atoms with E-state index in [9.17, 15) is 9.90 Å². The van der Waals surface area contributed by atoms with E-state index in [1.165, 1.54) is 0 Å². The number of carbonyl (C=O) groups is 1. The van der Waals surface area contributed by atoms with Gasteiger partial charge in [-0.15, -0.1) is 0 Å². The zero-order valence-electron chi connectivity index (χ0n) is 11.4. The second kappa shape index (κ2) is 5.10. The normalized spacial score (nSPS) is 14.8. The lowest BCUT2D eigenvalue weighted by Gasteiger charge is -2.17. The second-order valence-electron chi connectivity index (χ2n) is 5.11. The monoisotopic (exact) mass is 267 g/mol. The van der Waals surface area contributed by atoms with Crippen molar-refractivity contribution in [3.8, 4) is 0 Å². The van der Waals surface area contributed by atoms with Crippen molar-refractivity contribution in [2.75, 3.05) is 5.32 Å². The lowest BCUT2D eigenvalue weighted by atomic mass is 9.94. The van der Waals surface area contributed by atoms with Crippen LogP contribution in [0.3, 0.4) is 0 Å². The third kappa shape index (κ3) is 2.21. The fourth-order valence-corrected chi connectivity index (χ4v) is 2.68. The lowest BCUT2D eigenvalue weighted by Crippen LogP contribution is -2.08. The Morgan fingerprint density at radius 2 is 2.00 bits per heavy atom. The molecule has 1 atom stereocenters. The number of hydrogen-bond acceptors (Lipinski definition) is 2. The standard InChI is InChI=1S/C17H17NO2/c1-2-11-8-13-10-15(19)18-16(13)14(9-11)17(20)12-6-4-3-5-7-12/h3-9,17,20H,2,10H2,1H3,(H,18,19). The highest BCUT2D eigenvalue weighted by Crippen LogP contribution is 2.35. The lowest BCUT2D eigenvalue weighted by molar-refractivity contribution is -0.115. The average molecular weight is 267 g/mol. The molecule has 0 fully saturated rings. The summed E-state index contributed by atoms with van der Waals surface area (Å²) in [5.74, 6) is -0.00485. The van der Waals surface area contributed by atoms with E-state index in [4.69, 9.17) is 0 Å². The van der Waals surface area contributed by atoms with E-state index in [-0.39, 0.29) is 5.91 Å². The summed E-state index contributed by atoms with van der Waals surface area (Å²) in [6.07, 6.45) is 0.572. The van der Waals surface area contributed by atoms with E-state index in [1.54, 1.807) is 0 Å². The molecule has 1 unspecified atom stereocenters. The van der Waals surface area contributed by atoms with Crippen LogP contribution < -0.4 is 5.32 Å². The summed E-state index contributed by atoms with van der Waals surface area (Å²) in [6.45, 7) is 2.07. The Morgan fingerprint density at radius 1 is 1.25 bits per heavy atom. The van der Waals surface area contributed by atoms with Gasteiger partial charge in [0.2, 0.25) is 5.91 Å². The molecule has 0 bridgehead atoms. The Labute approximate surface area is 118 Å². The number of anilines is 1. The van der Waals surface area contributed by atoms with Crippen molar-refractivity contribution >= 4 is 11.6 Å². The highest BCUT2D eigenvalue weighted by molar-refractivity contribution is 6.00. The molecule has 102 valence electrons. The van der Waals surface area contributed by atoms with Gasteiger partial charge in [-0.3, -0.25) is 4.79 Å². The van der Waals surface area contributed by atoms with Gasteiger partial charge in [0.15, 0.2) is 0 Å². The minimum atomic E-state index is -0.713. The SMILES string of the molecule is CCc1cc2c(c(C(O)c3ccccc3)c1)NC(=O)C2. The Bertz CT molecular complexity index is 650. The van der Waals surface area contributed by atoms with Crippen molar-refractivity contribution in [1.29, 1.82) is 0 Å². The fourth-order valence-electron chi connectivity index (χ4n) is 2.68. The van der Waals surface area contributed by atoms with Gasteiger partial charge in [-0.25, -0.2) is 0 Å². The molecule has 2 aromatic carbocycles. The molecule has 3 nitrogen and oxygen atoms in total. The Kier molecular flexibility index (Phi) is 3.28. The van der Waals surface area contributed by atoms with Gasteiger partial charge < -0.3 is 10.4 Å². The summed E-state index contributed by atoms with van der Waals surface area (Å²) in [6, 6.07) is 13.6. The molecule has 0 aliphatic carbocycles. The first-order valence-electron chi connectivity index (χ1n) is 6.87. The molecule has 0 saturated heterocycles. The van der Waals surface area contributed by atoms with E-state index in [0.717, 1.165) is 34.4 Å². The number of hydrogen-bond donors (Lipinski definition) is 2. The van der Waals surface area contributed by atoms with E-state index < -0.39 is 6.10 Å². The van der Waals surface area contributed by atoms with Crippen molar-refractivity contribution in [3.63, 3.8) is 0 Å². The zero-order chi connectivity index (χ0) is 14.1. The van der Waals surface area contributed by atoms with Crippen molar-refractivity contribution < 1.29 is 9.90 Å². The Hall–Kier alpha value is -2.13. The van der Waals surface area contributed by atoms with Crippen molar-refractivity contribution in [2.24, 2.45) is 0 Å². The van der Waals surface area contributed by atoms with Crippen LogP contribution in [0.4, 0.5) is 5.69 Å². The molecule has 1 heterocycles. The first-order valence-corrected chi connectivity index (χ1v) is 6.87. The molecule has 2 N–H and O–H groups in total. The molecule has 3 rings (SSSR count). The highest BCUT2D eigenvalue weighted by atomic mass is 16.3. The first kappa shape index (κ1) is 12.9. The summed E-state index contributed by atoms with van der Waals surface area (Å²) in [7, 11) is 0. The van der Waals surface area contributed by atoms with E-state index in [0.29, 0.717) is 6.42 Å². The van der Waals surface area contributed by atoms with Crippen LogP contribution in [0.2, 0.25) is 0 Å². The number of amides is 1. The molecule has 20 heavy (non-hydrogen) atoms. The quantitative estimate of drug-likeness (QED) is 0.898. The number of aliphatic hydroxyl groups excluding tert-OH is 1. The van der Waals surface area contributed by atoms with Crippen LogP contribution in [0.1, 0.15) is 35.3 Å². The maximum absolute atomic E-state index is 11.6. The number of carbonyl (C=O) groups excluding carboxylic acids is 1. The maximum atomic E-state index is 11.6. The number of nitrogens with one attached hydrogen (secondary N) is 1. The van der Waals surface area contributed by atoms with E-state index >= 15 is 0 Å². The van der Waals surface area contributed by atoms with Gasteiger partial charge in [0.25, 0.3) is 0 Å². The van der Waals surface area contributed by atoms with Crippen LogP contribution in [0.5, 0.6) is 0 Å². The number of rotatable bonds is 3. The molecule has 1 aliphatic rings. The highest BCUT2D eigenvalue weighted by Gasteiger charge is 2.25. The summed E-state index contributed by atoms with van der Waals surface area (Å²) >= 11 is 0. The van der Waals surface area contributed by atoms with Gasteiger partial charge in [0.1, 0.15) is 6.10 Å². The predicted molar refractivity (Wildman–Crippen MR) is 78.7 cm³/mol. The van der Waals surface area contributed by atoms with Crippen LogP contribution in [-0.4, -0.2) is 11.0 Å². The van der Waals surface area contributed by atoms with Crippen LogP contribution in [-0.2, 0) is 17.6 Å². The smallest absolute Gasteiger partial charge is 0.228 e. The molecular weight excluding hydrogens is 250 g/mol. The molecule has 0 spiro atoms. The molecule has 0 saturated carbocycles. The van der Waals surface area contributed by atoms with Crippen LogP contribution >= 0.6 is 0 Å². The summed E-state index contributed by atoms with van der Waals surface area (Å²) in [4.78, 5) is 11.6. The number of aliphatic hydroxyl groups is 1. The second-order valence-corrected chi connectivity index (χ2v) is 5.11. The van der Waals surface area contributed by atoms with Gasteiger partial charge >= 0.3 is 0 Å². The molecule has 0 aromatic heterocycles. The first-order chi connectivity index (χ1) is 9.69. The fraction of sp³-hybridized carbons (Fsp3) is 0.235. The molecule has 1 aliphatic heterocycles. The van der Waals surface area contributed by atoms with E-state index in [1.807, 2.05) is 36.4 Å². The summed E-state index contributed by atoms with van der Waals surface area (Å²) in [5, 5.41) is 13.5. The number of benzene rings is 2. The maximum Gasteiger partial charge on any atom is 0.228 e. The molecular formula is C17H17NO2. The molecule has 0 radical (unpaired) electrons. The third-order valence-corrected chi connectivity index (χ3v) is 3.74. The van der Waals surface area contributed by atoms with Crippen LogP contribution in [0.25, 0.3) is 0 Å². The third-order valence-electron chi connectivity index (χ3n) is 3.74. The largest absolute Gasteiger partial charge is 0.384 e. The van der Waals surface area contributed by atoms with Gasteiger partial charge in [0, 0.05) is 5.56 Å². The van der Waals surface area contributed by atoms with E-state index in [2.05, 4.69) is 18.3 Å². The van der Waals surface area contributed by atoms with Gasteiger partial charge in [-0.05, 0) is 23.1 Å².